The highest BCUT2D eigenvalue weighted by Gasteiger charge is 2.30. The Morgan fingerprint density at radius 3 is 3.00 bits per heavy atom. The van der Waals surface area contributed by atoms with Gasteiger partial charge in [0.1, 0.15) is 10.7 Å². The summed E-state index contributed by atoms with van der Waals surface area (Å²) in [6.45, 7) is 0.902. The van der Waals surface area contributed by atoms with E-state index in [1.807, 2.05) is 11.4 Å². The van der Waals surface area contributed by atoms with Gasteiger partial charge in [-0.15, -0.1) is 11.3 Å². The molecule has 0 radical (unpaired) electrons. The molecule has 0 amide bonds. The molecule has 1 aliphatic rings. The zero-order chi connectivity index (χ0) is 13.5. The molecule has 0 atom stereocenters. The average Bonchev–Trinajstić information content (AvgIpc) is 2.86. The molecule has 100 valence electrons. The number of rotatable bonds is 2. The maximum absolute atomic E-state index is 12.5. The van der Waals surface area contributed by atoms with Crippen molar-refractivity contribution in [3.63, 3.8) is 0 Å². The Hall–Kier alpha value is -1.44. The van der Waals surface area contributed by atoms with E-state index in [4.69, 9.17) is 5.73 Å². The third kappa shape index (κ3) is 2.13. The number of thiophene rings is 1. The number of fused-ring (bicyclic) bond motifs is 1. The lowest BCUT2D eigenvalue weighted by Gasteiger charge is -2.26. The van der Waals surface area contributed by atoms with Crippen LogP contribution in [0, 0.1) is 0 Å². The highest BCUT2D eigenvalue weighted by atomic mass is 32.2. The number of nitrogens with two attached hydrogens (primary N) is 1. The molecule has 0 saturated carbocycles. The van der Waals surface area contributed by atoms with E-state index < -0.39 is 10.0 Å². The van der Waals surface area contributed by atoms with E-state index in [-0.39, 0.29) is 10.7 Å². The number of nitrogen functional groups attached to an aromatic ring is 1. The predicted octanol–water partition coefficient (Wildman–Crippen LogP) is 1.47. The van der Waals surface area contributed by atoms with Gasteiger partial charge in [-0.1, -0.05) is 0 Å². The van der Waals surface area contributed by atoms with Crippen molar-refractivity contribution in [2.75, 3.05) is 12.3 Å². The molecular formula is C12H13N3O2S2. The maximum Gasteiger partial charge on any atom is 0.247 e. The normalized spacial score (nSPS) is 16.2. The van der Waals surface area contributed by atoms with Crippen LogP contribution in [0.25, 0.3) is 0 Å². The van der Waals surface area contributed by atoms with Crippen LogP contribution in [-0.2, 0) is 23.0 Å². The van der Waals surface area contributed by atoms with Crippen molar-refractivity contribution in [1.82, 2.24) is 9.29 Å². The number of aromatic nitrogens is 1. The molecule has 3 rings (SSSR count). The maximum atomic E-state index is 12.5. The molecule has 0 aliphatic carbocycles. The summed E-state index contributed by atoms with van der Waals surface area (Å²) >= 11 is 1.68. The minimum absolute atomic E-state index is 0.0543. The molecule has 5 nitrogen and oxygen atoms in total. The van der Waals surface area contributed by atoms with Crippen LogP contribution in [0.2, 0.25) is 0 Å². The van der Waals surface area contributed by atoms with E-state index in [1.54, 1.807) is 17.4 Å². The summed E-state index contributed by atoms with van der Waals surface area (Å²) in [7, 11) is -3.56. The van der Waals surface area contributed by atoms with E-state index >= 15 is 0 Å². The standard InChI is InChI=1S/C12H13N3O2S2/c13-12-11(2-1-5-14-12)19(16,17)15-6-3-10-9(8-15)4-7-18-10/h1-2,4-5,7H,3,6,8H2,(H2,13,14). The van der Waals surface area contributed by atoms with Crippen molar-refractivity contribution in [2.24, 2.45) is 0 Å². The van der Waals surface area contributed by atoms with Crippen LogP contribution in [0.3, 0.4) is 0 Å². The second-order valence-corrected chi connectivity index (χ2v) is 7.25. The van der Waals surface area contributed by atoms with Crippen LogP contribution in [0.5, 0.6) is 0 Å². The molecule has 2 aromatic rings. The molecule has 1 aliphatic heterocycles. The minimum Gasteiger partial charge on any atom is -0.383 e. The lowest BCUT2D eigenvalue weighted by atomic mass is 10.1. The van der Waals surface area contributed by atoms with Gasteiger partial charge in [0.15, 0.2) is 0 Å². The Labute approximate surface area is 115 Å². The zero-order valence-corrected chi connectivity index (χ0v) is 11.7. The first-order valence-corrected chi connectivity index (χ1v) is 8.17. The van der Waals surface area contributed by atoms with Crippen LogP contribution < -0.4 is 5.73 Å². The van der Waals surface area contributed by atoms with Crippen LogP contribution in [0.4, 0.5) is 5.82 Å². The molecule has 2 aromatic heterocycles. The summed E-state index contributed by atoms with van der Waals surface area (Å²) in [6.07, 6.45) is 2.24. The Balaban J connectivity index is 1.97. The molecule has 0 bridgehead atoms. The SMILES string of the molecule is Nc1ncccc1S(=O)(=O)N1CCc2sccc2C1. The highest BCUT2D eigenvalue weighted by molar-refractivity contribution is 7.89. The van der Waals surface area contributed by atoms with Crippen LogP contribution >= 0.6 is 11.3 Å². The number of pyridine rings is 1. The minimum atomic E-state index is -3.56. The summed E-state index contributed by atoms with van der Waals surface area (Å²) in [5.41, 5.74) is 6.76. The van der Waals surface area contributed by atoms with E-state index in [2.05, 4.69) is 4.98 Å². The molecule has 2 N–H and O–H groups in total. The Morgan fingerprint density at radius 1 is 1.37 bits per heavy atom. The molecule has 0 aromatic carbocycles. The molecule has 19 heavy (non-hydrogen) atoms. The Kier molecular flexibility index (Phi) is 3.04. The number of nitrogens with zero attached hydrogens (tertiary/aromatic N) is 2. The number of hydrogen-bond acceptors (Lipinski definition) is 5. The van der Waals surface area contributed by atoms with Gasteiger partial charge in [-0.05, 0) is 35.6 Å². The third-order valence-electron chi connectivity index (χ3n) is 3.19. The quantitative estimate of drug-likeness (QED) is 0.910. The molecule has 0 fully saturated rings. The first-order chi connectivity index (χ1) is 9.09. The predicted molar refractivity (Wildman–Crippen MR) is 74.3 cm³/mol. The van der Waals surface area contributed by atoms with E-state index in [0.717, 1.165) is 12.0 Å². The largest absolute Gasteiger partial charge is 0.383 e. The van der Waals surface area contributed by atoms with Crippen LogP contribution in [0.1, 0.15) is 10.4 Å². The van der Waals surface area contributed by atoms with Crippen molar-refractivity contribution in [1.29, 1.82) is 0 Å². The highest BCUT2D eigenvalue weighted by Crippen LogP contribution is 2.29. The summed E-state index contributed by atoms with van der Waals surface area (Å²) in [5, 5.41) is 2.00. The van der Waals surface area contributed by atoms with E-state index in [9.17, 15) is 8.42 Å². The summed E-state index contributed by atoms with van der Waals surface area (Å²) in [4.78, 5) is 5.21. The van der Waals surface area contributed by atoms with Gasteiger partial charge >= 0.3 is 0 Å². The van der Waals surface area contributed by atoms with E-state index in [1.165, 1.54) is 21.4 Å². The summed E-state index contributed by atoms with van der Waals surface area (Å²) < 4.78 is 26.6. The fraction of sp³-hybridized carbons (Fsp3) is 0.250. The van der Waals surface area contributed by atoms with Crippen molar-refractivity contribution in [3.05, 3.63) is 40.2 Å². The fourth-order valence-corrected chi connectivity index (χ4v) is 4.56. The van der Waals surface area contributed by atoms with Gasteiger partial charge in [0.25, 0.3) is 0 Å². The van der Waals surface area contributed by atoms with Crippen LogP contribution in [-0.4, -0.2) is 24.3 Å². The Bertz CT molecular complexity index is 709. The lowest BCUT2D eigenvalue weighted by molar-refractivity contribution is 0.394. The molecule has 0 unspecified atom stereocenters. The number of hydrogen-bond donors (Lipinski definition) is 1. The van der Waals surface area contributed by atoms with Gasteiger partial charge in [-0.2, -0.15) is 4.31 Å². The third-order valence-corrected chi connectivity index (χ3v) is 6.11. The number of sulfonamides is 1. The molecule has 3 heterocycles. The molecular weight excluding hydrogens is 282 g/mol. The number of anilines is 1. The summed E-state index contributed by atoms with van der Waals surface area (Å²) in [5.74, 6) is 0.0543. The van der Waals surface area contributed by atoms with Gasteiger partial charge in [-0.3, -0.25) is 0 Å². The Morgan fingerprint density at radius 2 is 2.21 bits per heavy atom. The molecule has 7 heteroatoms. The van der Waals surface area contributed by atoms with Crippen molar-refractivity contribution < 1.29 is 8.42 Å². The second-order valence-electron chi connectivity index (χ2n) is 4.34. The van der Waals surface area contributed by atoms with Gasteiger partial charge in [-0.25, -0.2) is 13.4 Å². The van der Waals surface area contributed by atoms with Gasteiger partial charge in [0.05, 0.1) is 0 Å². The van der Waals surface area contributed by atoms with Gasteiger partial charge in [0, 0.05) is 24.2 Å². The average molecular weight is 295 g/mol. The molecule has 0 spiro atoms. The van der Waals surface area contributed by atoms with Crippen molar-refractivity contribution >= 4 is 27.2 Å². The van der Waals surface area contributed by atoms with Gasteiger partial charge in [0.2, 0.25) is 10.0 Å². The second kappa shape index (κ2) is 4.59. The van der Waals surface area contributed by atoms with Crippen molar-refractivity contribution in [3.8, 4) is 0 Å². The summed E-state index contributed by atoms with van der Waals surface area (Å²) in [6, 6.07) is 5.07. The van der Waals surface area contributed by atoms with Crippen molar-refractivity contribution in [2.45, 2.75) is 17.9 Å². The first-order valence-electron chi connectivity index (χ1n) is 5.85. The van der Waals surface area contributed by atoms with Crippen LogP contribution in [0.15, 0.2) is 34.7 Å². The zero-order valence-electron chi connectivity index (χ0n) is 10.1. The first kappa shape index (κ1) is 12.6. The monoisotopic (exact) mass is 295 g/mol. The lowest BCUT2D eigenvalue weighted by Crippen LogP contribution is -2.35. The smallest absolute Gasteiger partial charge is 0.247 e. The van der Waals surface area contributed by atoms with E-state index in [0.29, 0.717) is 13.1 Å². The molecule has 0 saturated heterocycles. The topological polar surface area (TPSA) is 76.3 Å². The fourth-order valence-electron chi connectivity index (χ4n) is 2.19. The van der Waals surface area contributed by atoms with Gasteiger partial charge < -0.3 is 5.73 Å².